The van der Waals surface area contributed by atoms with Crippen LogP contribution in [0, 0.1) is 0 Å². The molecule has 1 unspecified atom stereocenters. The summed E-state index contributed by atoms with van der Waals surface area (Å²) in [6, 6.07) is 6.17. The number of hydrogen-bond acceptors (Lipinski definition) is 5. The summed E-state index contributed by atoms with van der Waals surface area (Å²) in [6.07, 6.45) is 4.18. The van der Waals surface area contributed by atoms with Crippen molar-refractivity contribution in [1.29, 1.82) is 0 Å². The predicted octanol–water partition coefficient (Wildman–Crippen LogP) is 2.22. The van der Waals surface area contributed by atoms with Crippen molar-refractivity contribution in [3.05, 3.63) is 23.8 Å². The number of nitrogens with zero attached hydrogens (tertiary/aromatic N) is 3. The molecule has 1 aromatic rings. The Labute approximate surface area is 148 Å². The number of benzene rings is 1. The average molecular weight is 342 g/mol. The highest BCUT2D eigenvalue weighted by Crippen LogP contribution is 2.49. The fourth-order valence-electron chi connectivity index (χ4n) is 4.31. The summed E-state index contributed by atoms with van der Waals surface area (Å²) in [4.78, 5) is 21.6. The number of likely N-dealkylation sites (N-methyl/N-ethyl adjacent to an activating group) is 1. The molecule has 2 N–H and O–H groups in total. The number of ether oxygens (including phenoxy) is 1. The summed E-state index contributed by atoms with van der Waals surface area (Å²) in [5, 5.41) is 0. The van der Waals surface area contributed by atoms with Crippen molar-refractivity contribution in [1.82, 2.24) is 4.90 Å². The summed E-state index contributed by atoms with van der Waals surface area (Å²) in [5.41, 5.74) is 6.53. The average Bonchev–Trinajstić information content (AvgIpc) is 2.79. The summed E-state index contributed by atoms with van der Waals surface area (Å²) in [6.45, 7) is 6.09. The van der Waals surface area contributed by atoms with Crippen molar-refractivity contribution in [2.75, 3.05) is 25.0 Å². The number of amides is 1. The first-order valence-corrected chi connectivity index (χ1v) is 9.04. The largest absolute Gasteiger partial charge is 0.487 e. The molecule has 0 bridgehead atoms. The monoisotopic (exact) mass is 342 g/mol. The summed E-state index contributed by atoms with van der Waals surface area (Å²) in [5.74, 6) is 0.938. The molecule has 0 saturated carbocycles. The van der Waals surface area contributed by atoms with Crippen LogP contribution in [0.15, 0.2) is 23.2 Å². The molecule has 0 aliphatic carbocycles. The van der Waals surface area contributed by atoms with Gasteiger partial charge in [-0.15, -0.1) is 0 Å². The molecular formula is C19H26N4O2. The van der Waals surface area contributed by atoms with E-state index in [0.717, 1.165) is 30.1 Å². The molecule has 1 aromatic carbocycles. The van der Waals surface area contributed by atoms with E-state index in [9.17, 15) is 4.79 Å². The quantitative estimate of drug-likeness (QED) is 0.849. The second-order valence-electron chi connectivity index (χ2n) is 7.96. The van der Waals surface area contributed by atoms with Gasteiger partial charge in [0.1, 0.15) is 11.4 Å². The van der Waals surface area contributed by atoms with Gasteiger partial charge < -0.3 is 15.4 Å². The lowest BCUT2D eigenvalue weighted by molar-refractivity contribution is -0.133. The summed E-state index contributed by atoms with van der Waals surface area (Å²) < 4.78 is 6.17. The zero-order valence-electron chi connectivity index (χ0n) is 15.2. The highest BCUT2D eigenvalue weighted by molar-refractivity contribution is 6.07. The number of fused-ring (bicyclic) bond motifs is 2. The van der Waals surface area contributed by atoms with Crippen molar-refractivity contribution in [2.24, 2.45) is 10.7 Å². The molecule has 3 heterocycles. The van der Waals surface area contributed by atoms with Gasteiger partial charge in [-0.2, -0.15) is 0 Å². The lowest BCUT2D eigenvalue weighted by atomic mass is 9.77. The molecule has 25 heavy (non-hydrogen) atoms. The minimum Gasteiger partial charge on any atom is -0.487 e. The van der Waals surface area contributed by atoms with Gasteiger partial charge >= 0.3 is 0 Å². The second kappa shape index (κ2) is 5.38. The van der Waals surface area contributed by atoms with Crippen molar-refractivity contribution >= 4 is 17.6 Å². The number of hydrogen-bond donors (Lipinski definition) is 1. The smallest absolute Gasteiger partial charge is 0.261 e. The molecule has 1 atom stereocenters. The van der Waals surface area contributed by atoms with Crippen LogP contribution in [0.1, 0.15) is 45.1 Å². The predicted molar refractivity (Wildman–Crippen MR) is 97.9 cm³/mol. The van der Waals surface area contributed by atoms with E-state index >= 15 is 0 Å². The van der Waals surface area contributed by atoms with Gasteiger partial charge in [0, 0.05) is 37.8 Å². The fraction of sp³-hybridized carbons (Fsp3) is 0.579. The maximum Gasteiger partial charge on any atom is 0.261 e. The van der Waals surface area contributed by atoms with Crippen LogP contribution in [0.3, 0.4) is 0 Å². The number of aliphatic imine (C=N–C) groups is 1. The third-order valence-corrected chi connectivity index (χ3v) is 5.51. The maximum atomic E-state index is 13.1. The number of piperidine rings is 1. The van der Waals surface area contributed by atoms with Crippen LogP contribution in [0.2, 0.25) is 0 Å². The number of guanidine groups is 1. The first kappa shape index (κ1) is 16.2. The first-order chi connectivity index (χ1) is 11.8. The number of rotatable bonds is 1. The van der Waals surface area contributed by atoms with Gasteiger partial charge in [0.25, 0.3) is 5.91 Å². The minimum atomic E-state index is -0.971. The van der Waals surface area contributed by atoms with Gasteiger partial charge in [0.05, 0.1) is 0 Å². The van der Waals surface area contributed by atoms with Gasteiger partial charge in [-0.05, 0) is 51.3 Å². The zero-order chi connectivity index (χ0) is 17.8. The first-order valence-electron chi connectivity index (χ1n) is 9.04. The van der Waals surface area contributed by atoms with Crippen molar-refractivity contribution < 1.29 is 9.53 Å². The Morgan fingerprint density at radius 2 is 1.92 bits per heavy atom. The van der Waals surface area contributed by atoms with Crippen LogP contribution in [0.5, 0.6) is 5.75 Å². The number of anilines is 1. The standard InChI is InChI=1S/C19H26N4O2/c1-18(2)12-19(16(24)22(3)17(20)21-19)14-11-13(7-8-15(14)25-18)23-9-5-4-6-10-23/h7-8,11H,4-6,9-10,12H2,1-3H3,(H2,20,21). The molecule has 4 rings (SSSR count). The lowest BCUT2D eigenvalue weighted by Crippen LogP contribution is -2.49. The van der Waals surface area contributed by atoms with E-state index < -0.39 is 11.1 Å². The van der Waals surface area contributed by atoms with Crippen molar-refractivity contribution in [2.45, 2.75) is 50.7 Å². The van der Waals surface area contributed by atoms with E-state index in [1.165, 1.54) is 24.2 Å². The van der Waals surface area contributed by atoms with Crippen LogP contribution in [0.4, 0.5) is 5.69 Å². The third-order valence-electron chi connectivity index (χ3n) is 5.51. The Morgan fingerprint density at radius 1 is 1.20 bits per heavy atom. The van der Waals surface area contributed by atoms with E-state index in [1.54, 1.807) is 7.05 Å². The molecule has 1 spiro atoms. The van der Waals surface area contributed by atoms with Gasteiger partial charge in [0.2, 0.25) is 0 Å². The third kappa shape index (κ3) is 2.46. The molecule has 1 saturated heterocycles. The summed E-state index contributed by atoms with van der Waals surface area (Å²) in [7, 11) is 1.69. The molecule has 1 fully saturated rings. The Hall–Kier alpha value is -2.24. The van der Waals surface area contributed by atoms with Gasteiger partial charge in [-0.1, -0.05) is 0 Å². The molecule has 3 aliphatic rings. The molecule has 0 aromatic heterocycles. The van der Waals surface area contributed by atoms with Gasteiger partial charge in [0.15, 0.2) is 11.5 Å². The van der Waals surface area contributed by atoms with Crippen molar-refractivity contribution in [3.63, 3.8) is 0 Å². The number of carbonyl (C=O) groups is 1. The molecule has 134 valence electrons. The highest BCUT2D eigenvalue weighted by atomic mass is 16.5. The Morgan fingerprint density at radius 3 is 2.56 bits per heavy atom. The molecule has 6 nitrogen and oxygen atoms in total. The number of carbonyl (C=O) groups excluding carboxylic acids is 1. The summed E-state index contributed by atoms with van der Waals surface area (Å²) >= 11 is 0. The van der Waals surface area contributed by atoms with E-state index in [0.29, 0.717) is 6.42 Å². The fourth-order valence-corrected chi connectivity index (χ4v) is 4.31. The molecule has 6 heteroatoms. The topological polar surface area (TPSA) is 71.2 Å². The van der Waals surface area contributed by atoms with Crippen LogP contribution >= 0.6 is 0 Å². The maximum absolute atomic E-state index is 13.1. The van der Waals surface area contributed by atoms with Crippen LogP contribution < -0.4 is 15.4 Å². The second-order valence-corrected chi connectivity index (χ2v) is 7.96. The molecule has 3 aliphatic heterocycles. The Bertz CT molecular complexity index is 752. The van der Waals surface area contributed by atoms with Crippen molar-refractivity contribution in [3.8, 4) is 5.75 Å². The van der Waals surface area contributed by atoms with Crippen LogP contribution in [0.25, 0.3) is 0 Å². The van der Waals surface area contributed by atoms with E-state index in [4.69, 9.17) is 10.5 Å². The zero-order valence-corrected chi connectivity index (χ0v) is 15.2. The minimum absolute atomic E-state index is 0.0709. The normalized spacial score (nSPS) is 28.0. The Kier molecular flexibility index (Phi) is 3.49. The lowest BCUT2D eigenvalue weighted by Gasteiger charge is -2.42. The molecule has 1 amide bonds. The van der Waals surface area contributed by atoms with E-state index in [2.05, 4.69) is 22.0 Å². The van der Waals surface area contributed by atoms with Crippen LogP contribution in [-0.2, 0) is 10.3 Å². The molecule has 0 radical (unpaired) electrons. The Balaban J connectivity index is 1.84. The SMILES string of the molecule is CN1C(=O)C2(CC(C)(C)Oc3ccc(N4CCCCC4)cc32)N=C1N. The van der Waals surface area contributed by atoms with E-state index in [-0.39, 0.29) is 11.9 Å². The number of nitrogens with two attached hydrogens (primary N) is 1. The van der Waals surface area contributed by atoms with Gasteiger partial charge in [-0.25, -0.2) is 4.99 Å². The molecular weight excluding hydrogens is 316 g/mol. The van der Waals surface area contributed by atoms with E-state index in [1.807, 2.05) is 19.9 Å². The van der Waals surface area contributed by atoms with Gasteiger partial charge in [-0.3, -0.25) is 9.69 Å². The highest BCUT2D eigenvalue weighted by Gasteiger charge is 2.55. The van der Waals surface area contributed by atoms with Crippen LogP contribution in [-0.4, -0.2) is 42.5 Å².